The van der Waals surface area contributed by atoms with Crippen LogP contribution in [0.4, 0.5) is 0 Å². The number of amides is 1. The zero-order chi connectivity index (χ0) is 16.2. The summed E-state index contributed by atoms with van der Waals surface area (Å²) in [5.41, 5.74) is 7.17. The minimum Gasteiger partial charge on any atom is -0.492 e. The van der Waals surface area contributed by atoms with E-state index in [-0.39, 0.29) is 18.3 Å². The Hall–Kier alpha value is -2.05. The Balaban J connectivity index is 0.00000208. The number of likely N-dealkylation sites (tertiary alicyclic amines) is 1. The summed E-state index contributed by atoms with van der Waals surface area (Å²) >= 11 is 0. The van der Waals surface area contributed by atoms with Crippen LogP contribution in [-0.2, 0) is 6.54 Å². The van der Waals surface area contributed by atoms with Gasteiger partial charge in [0.25, 0.3) is 0 Å². The predicted molar refractivity (Wildman–Crippen MR) is 95.4 cm³/mol. The summed E-state index contributed by atoms with van der Waals surface area (Å²) in [6.45, 7) is 4.00. The molecule has 7 heteroatoms. The molecule has 1 aromatic heterocycles. The number of halogens is 1. The molecular formula is C17H23ClN4O2. The van der Waals surface area contributed by atoms with Gasteiger partial charge >= 0.3 is 0 Å². The number of carbonyl (C=O) groups is 1. The quantitative estimate of drug-likeness (QED) is 0.866. The second-order valence-electron chi connectivity index (χ2n) is 5.97. The highest BCUT2D eigenvalue weighted by molar-refractivity contribution is 5.93. The lowest BCUT2D eigenvalue weighted by atomic mass is 10.1. The molecule has 1 aliphatic heterocycles. The smallest absolute Gasteiger partial charge is 0.248 e. The fourth-order valence-electron chi connectivity index (χ4n) is 2.97. The summed E-state index contributed by atoms with van der Waals surface area (Å²) in [6, 6.07) is 6.85. The summed E-state index contributed by atoms with van der Waals surface area (Å²) in [5, 5.41) is 14.2. The SMILES string of the molecule is Cl.NC(=O)c1ccc(-c2cn(CCN3CCCCC3)nc2O)cc1. The van der Waals surface area contributed by atoms with Gasteiger partial charge in [-0.2, -0.15) is 0 Å². The topological polar surface area (TPSA) is 84.4 Å². The van der Waals surface area contributed by atoms with E-state index in [1.807, 2.05) is 6.20 Å². The molecule has 1 aliphatic rings. The van der Waals surface area contributed by atoms with E-state index >= 15 is 0 Å². The highest BCUT2D eigenvalue weighted by Gasteiger charge is 2.13. The predicted octanol–water partition coefficient (Wildman–Crippen LogP) is 2.26. The van der Waals surface area contributed by atoms with Crippen LogP contribution in [0.5, 0.6) is 5.88 Å². The van der Waals surface area contributed by atoms with Gasteiger partial charge in [-0.25, -0.2) is 0 Å². The fraction of sp³-hybridized carbons (Fsp3) is 0.412. The van der Waals surface area contributed by atoms with Crippen molar-refractivity contribution in [3.05, 3.63) is 36.0 Å². The van der Waals surface area contributed by atoms with Crippen LogP contribution < -0.4 is 5.73 Å². The maximum absolute atomic E-state index is 11.1. The Kier molecular flexibility index (Phi) is 6.23. The van der Waals surface area contributed by atoms with Crippen LogP contribution >= 0.6 is 12.4 Å². The molecule has 1 amide bonds. The molecular weight excluding hydrogens is 328 g/mol. The Morgan fingerprint density at radius 1 is 1.12 bits per heavy atom. The number of hydrogen-bond donors (Lipinski definition) is 2. The molecule has 0 spiro atoms. The van der Waals surface area contributed by atoms with Crippen LogP contribution in [0.25, 0.3) is 11.1 Å². The lowest BCUT2D eigenvalue weighted by Crippen LogP contribution is -2.32. The van der Waals surface area contributed by atoms with Gasteiger partial charge in [0.2, 0.25) is 11.8 Å². The Morgan fingerprint density at radius 3 is 2.42 bits per heavy atom. The maximum atomic E-state index is 11.1. The highest BCUT2D eigenvalue weighted by atomic mass is 35.5. The van der Waals surface area contributed by atoms with Gasteiger partial charge in [0.15, 0.2) is 0 Å². The molecule has 3 N–H and O–H groups in total. The van der Waals surface area contributed by atoms with Gasteiger partial charge in [-0.15, -0.1) is 17.5 Å². The van der Waals surface area contributed by atoms with Gasteiger partial charge in [-0.3, -0.25) is 9.48 Å². The first-order chi connectivity index (χ1) is 11.1. The summed E-state index contributed by atoms with van der Waals surface area (Å²) in [4.78, 5) is 13.5. The number of hydrogen-bond acceptors (Lipinski definition) is 4. The molecule has 2 aromatic rings. The summed E-state index contributed by atoms with van der Waals surface area (Å²) in [6.07, 6.45) is 5.70. The van der Waals surface area contributed by atoms with E-state index in [9.17, 15) is 9.90 Å². The van der Waals surface area contributed by atoms with Crippen LogP contribution in [0.1, 0.15) is 29.6 Å². The number of rotatable bonds is 5. The molecule has 0 saturated carbocycles. The first kappa shape index (κ1) is 18.3. The van der Waals surface area contributed by atoms with Gasteiger partial charge in [0, 0.05) is 18.3 Å². The number of primary amides is 1. The first-order valence-electron chi connectivity index (χ1n) is 8.02. The molecule has 0 bridgehead atoms. The number of benzene rings is 1. The molecule has 130 valence electrons. The monoisotopic (exact) mass is 350 g/mol. The maximum Gasteiger partial charge on any atom is 0.248 e. The average Bonchev–Trinajstić information content (AvgIpc) is 2.95. The van der Waals surface area contributed by atoms with E-state index in [0.29, 0.717) is 11.1 Å². The standard InChI is InChI=1S/C17H22N4O2.ClH/c18-16(22)14-6-4-13(5-7-14)15-12-21(19-17(15)23)11-10-20-8-2-1-3-9-20;/h4-7,12H,1-3,8-11H2,(H2,18,22)(H,19,23);1H. The van der Waals surface area contributed by atoms with Crippen molar-refractivity contribution in [2.24, 2.45) is 5.73 Å². The number of aromatic nitrogens is 2. The van der Waals surface area contributed by atoms with Crippen molar-refractivity contribution in [3.8, 4) is 17.0 Å². The molecule has 1 fully saturated rings. The van der Waals surface area contributed by atoms with Crippen LogP contribution in [0.15, 0.2) is 30.5 Å². The van der Waals surface area contributed by atoms with E-state index in [1.54, 1.807) is 28.9 Å². The van der Waals surface area contributed by atoms with E-state index in [2.05, 4.69) is 10.00 Å². The number of carbonyl (C=O) groups excluding carboxylic acids is 1. The zero-order valence-corrected chi connectivity index (χ0v) is 14.3. The molecule has 0 aliphatic carbocycles. The Morgan fingerprint density at radius 2 is 1.79 bits per heavy atom. The van der Waals surface area contributed by atoms with E-state index < -0.39 is 5.91 Å². The van der Waals surface area contributed by atoms with Gasteiger partial charge in [-0.05, 0) is 43.6 Å². The molecule has 0 unspecified atom stereocenters. The molecule has 1 saturated heterocycles. The fourth-order valence-corrected chi connectivity index (χ4v) is 2.97. The zero-order valence-electron chi connectivity index (χ0n) is 13.5. The van der Waals surface area contributed by atoms with Crippen molar-refractivity contribution in [2.75, 3.05) is 19.6 Å². The van der Waals surface area contributed by atoms with Gasteiger partial charge in [0.05, 0.1) is 12.1 Å². The highest BCUT2D eigenvalue weighted by Crippen LogP contribution is 2.27. The minimum absolute atomic E-state index is 0. The summed E-state index contributed by atoms with van der Waals surface area (Å²) < 4.78 is 1.78. The lowest BCUT2D eigenvalue weighted by Gasteiger charge is -2.26. The van der Waals surface area contributed by atoms with E-state index in [0.717, 1.165) is 31.7 Å². The third-order valence-corrected chi connectivity index (χ3v) is 4.32. The lowest BCUT2D eigenvalue weighted by molar-refractivity contribution is 0.100. The summed E-state index contributed by atoms with van der Waals surface area (Å²) in [5.74, 6) is -0.450. The second-order valence-corrected chi connectivity index (χ2v) is 5.97. The Labute approximate surface area is 147 Å². The third kappa shape index (κ3) is 4.27. The van der Waals surface area contributed by atoms with Gasteiger partial charge < -0.3 is 15.7 Å². The van der Waals surface area contributed by atoms with Crippen molar-refractivity contribution in [3.63, 3.8) is 0 Å². The molecule has 24 heavy (non-hydrogen) atoms. The minimum atomic E-state index is -0.460. The van der Waals surface area contributed by atoms with Crippen molar-refractivity contribution in [1.82, 2.24) is 14.7 Å². The molecule has 1 aromatic carbocycles. The first-order valence-corrected chi connectivity index (χ1v) is 8.02. The van der Waals surface area contributed by atoms with Crippen molar-refractivity contribution in [1.29, 1.82) is 0 Å². The molecule has 3 rings (SSSR count). The van der Waals surface area contributed by atoms with Crippen molar-refractivity contribution < 1.29 is 9.90 Å². The Bertz CT molecular complexity index is 678. The van der Waals surface area contributed by atoms with Gasteiger partial charge in [-0.1, -0.05) is 18.6 Å². The number of nitrogens with zero attached hydrogens (tertiary/aromatic N) is 3. The van der Waals surface area contributed by atoms with Crippen LogP contribution in [0.2, 0.25) is 0 Å². The average molecular weight is 351 g/mol. The van der Waals surface area contributed by atoms with Crippen molar-refractivity contribution >= 4 is 18.3 Å². The molecule has 0 atom stereocenters. The van der Waals surface area contributed by atoms with Crippen LogP contribution in [0.3, 0.4) is 0 Å². The van der Waals surface area contributed by atoms with Crippen LogP contribution in [-0.4, -0.2) is 45.3 Å². The number of aromatic hydroxyl groups is 1. The second kappa shape index (κ2) is 8.17. The molecule has 2 heterocycles. The normalized spacial score (nSPS) is 15.0. The molecule has 6 nitrogen and oxygen atoms in total. The van der Waals surface area contributed by atoms with Crippen molar-refractivity contribution in [2.45, 2.75) is 25.8 Å². The number of nitrogens with two attached hydrogens (primary N) is 1. The number of piperidine rings is 1. The van der Waals surface area contributed by atoms with Gasteiger partial charge in [0.1, 0.15) is 0 Å². The van der Waals surface area contributed by atoms with Crippen LogP contribution in [0, 0.1) is 0 Å². The van der Waals surface area contributed by atoms with E-state index in [1.165, 1.54) is 19.3 Å². The molecule has 0 radical (unpaired) electrons. The summed E-state index contributed by atoms with van der Waals surface area (Å²) in [7, 11) is 0. The van der Waals surface area contributed by atoms with E-state index in [4.69, 9.17) is 5.73 Å². The third-order valence-electron chi connectivity index (χ3n) is 4.32. The largest absolute Gasteiger partial charge is 0.492 e.